The fourth-order valence-corrected chi connectivity index (χ4v) is 5.36. The molecule has 0 saturated heterocycles. The van der Waals surface area contributed by atoms with E-state index in [2.05, 4.69) is 28.8 Å². The quantitative estimate of drug-likeness (QED) is 0.487. The molecule has 178 valence electrons. The van der Waals surface area contributed by atoms with Gasteiger partial charge in [-0.25, -0.2) is 9.79 Å². The van der Waals surface area contributed by atoms with E-state index in [1.807, 2.05) is 48.0 Å². The molecule has 8 nitrogen and oxygen atoms in total. The molecule has 0 saturated carbocycles. The second kappa shape index (κ2) is 9.80. The minimum Gasteiger partial charge on any atom is -0.466 e. The third kappa shape index (κ3) is 4.11. The number of fused-ring (bicyclic) bond motifs is 1. The normalized spacial score (nSPS) is 15.8. The average Bonchev–Trinajstić information content (AvgIpc) is 3.42. The number of rotatable bonds is 7. The van der Waals surface area contributed by atoms with Gasteiger partial charge in [0.25, 0.3) is 5.56 Å². The van der Waals surface area contributed by atoms with Gasteiger partial charge in [-0.05, 0) is 57.5 Å². The molecule has 3 aromatic rings. The summed E-state index contributed by atoms with van der Waals surface area (Å²) in [6, 6.07) is 9.26. The molecule has 0 fully saturated rings. The number of thiazole rings is 1. The number of allylic oxidation sites excluding steroid dienone is 1. The molecular formula is C25H29N5O3S. The molecule has 0 bridgehead atoms. The fraction of sp³-hybridized carbons (Fsp3) is 0.360. The van der Waals surface area contributed by atoms with E-state index in [1.165, 1.54) is 18.4 Å². The lowest BCUT2D eigenvalue weighted by Crippen LogP contribution is -2.39. The number of hydrogen-bond acceptors (Lipinski definition) is 7. The molecule has 0 N–H and O–H groups in total. The highest BCUT2D eigenvalue weighted by molar-refractivity contribution is 7.07. The van der Waals surface area contributed by atoms with Gasteiger partial charge in [0.2, 0.25) is 0 Å². The number of benzene rings is 1. The lowest BCUT2D eigenvalue weighted by atomic mass is 9.95. The lowest BCUT2D eigenvalue weighted by molar-refractivity contribution is -0.136. The Hall–Kier alpha value is -3.46. The Bertz CT molecular complexity index is 1410. The minimum absolute atomic E-state index is 0.195. The monoisotopic (exact) mass is 479 g/mol. The van der Waals surface area contributed by atoms with Gasteiger partial charge in [0.15, 0.2) is 4.80 Å². The Labute approximate surface area is 202 Å². The van der Waals surface area contributed by atoms with Crippen molar-refractivity contribution >= 4 is 29.1 Å². The molecule has 1 aliphatic rings. The van der Waals surface area contributed by atoms with Crippen molar-refractivity contribution in [3.8, 4) is 0 Å². The van der Waals surface area contributed by atoms with Crippen molar-refractivity contribution < 1.29 is 9.53 Å². The van der Waals surface area contributed by atoms with Crippen LogP contribution in [0, 0.1) is 0 Å². The van der Waals surface area contributed by atoms with Crippen LogP contribution in [0.2, 0.25) is 0 Å². The topological polar surface area (TPSA) is 81.7 Å². The van der Waals surface area contributed by atoms with Gasteiger partial charge >= 0.3 is 5.97 Å². The molecule has 1 aliphatic heterocycles. The maximum atomic E-state index is 13.6. The molecule has 3 heterocycles. The maximum absolute atomic E-state index is 13.6. The number of aryl methyl sites for hydroxylation is 1. The van der Waals surface area contributed by atoms with E-state index < -0.39 is 12.0 Å². The van der Waals surface area contributed by atoms with Crippen molar-refractivity contribution in [2.75, 3.05) is 25.1 Å². The van der Waals surface area contributed by atoms with Crippen LogP contribution in [0.5, 0.6) is 0 Å². The smallest absolute Gasteiger partial charge is 0.338 e. The van der Waals surface area contributed by atoms with Crippen molar-refractivity contribution in [1.29, 1.82) is 0 Å². The highest BCUT2D eigenvalue weighted by Gasteiger charge is 2.33. The zero-order valence-corrected chi connectivity index (χ0v) is 20.9. The van der Waals surface area contributed by atoms with E-state index in [1.54, 1.807) is 17.7 Å². The predicted octanol–water partition coefficient (Wildman–Crippen LogP) is 2.47. The first-order chi connectivity index (χ1) is 16.4. The summed E-state index contributed by atoms with van der Waals surface area (Å²) in [6.45, 7) is 10.5. The summed E-state index contributed by atoms with van der Waals surface area (Å²) in [5.41, 5.74) is 3.49. The second-order valence-electron chi connectivity index (χ2n) is 7.91. The zero-order chi connectivity index (χ0) is 24.4. The molecule has 0 radical (unpaired) electrons. The van der Waals surface area contributed by atoms with E-state index in [9.17, 15) is 9.59 Å². The largest absolute Gasteiger partial charge is 0.466 e. The summed E-state index contributed by atoms with van der Waals surface area (Å²) < 4.78 is 9.06. The van der Waals surface area contributed by atoms with Crippen LogP contribution in [0.15, 0.2) is 57.6 Å². The van der Waals surface area contributed by atoms with Gasteiger partial charge in [-0.15, -0.1) is 0 Å². The van der Waals surface area contributed by atoms with Gasteiger partial charge in [-0.2, -0.15) is 5.10 Å². The summed E-state index contributed by atoms with van der Waals surface area (Å²) in [5, 5.41) is 4.28. The Kier molecular flexibility index (Phi) is 6.83. The van der Waals surface area contributed by atoms with E-state index in [0.717, 1.165) is 30.0 Å². The van der Waals surface area contributed by atoms with E-state index in [4.69, 9.17) is 4.74 Å². The molecule has 2 aromatic heterocycles. The molecule has 1 atom stereocenters. The number of carbonyl (C=O) groups excluding carboxylic acids is 1. The summed E-state index contributed by atoms with van der Waals surface area (Å²) in [4.78, 5) is 33.8. The molecule has 9 heteroatoms. The number of methoxy groups -OCH3 is 1. The Morgan fingerprint density at radius 3 is 2.50 bits per heavy atom. The summed E-state index contributed by atoms with van der Waals surface area (Å²) >= 11 is 1.31. The molecule has 0 amide bonds. The summed E-state index contributed by atoms with van der Waals surface area (Å²) in [5.74, 6) is -0.489. The third-order valence-corrected chi connectivity index (χ3v) is 7.08. The zero-order valence-electron chi connectivity index (χ0n) is 20.1. The molecule has 34 heavy (non-hydrogen) atoms. The van der Waals surface area contributed by atoms with Crippen LogP contribution < -0.4 is 19.8 Å². The Balaban J connectivity index is 1.91. The van der Waals surface area contributed by atoms with Crippen LogP contribution in [0.3, 0.4) is 0 Å². The first-order valence-corrected chi connectivity index (χ1v) is 12.2. The summed E-state index contributed by atoms with van der Waals surface area (Å²) in [7, 11) is 1.35. The number of carbonyl (C=O) groups is 1. The van der Waals surface area contributed by atoms with Crippen molar-refractivity contribution in [3.63, 3.8) is 0 Å². The molecular weight excluding hydrogens is 450 g/mol. The van der Waals surface area contributed by atoms with Crippen LogP contribution in [-0.2, 0) is 16.1 Å². The first-order valence-electron chi connectivity index (χ1n) is 11.4. The number of ether oxygens (including phenoxy) is 1. The van der Waals surface area contributed by atoms with Crippen molar-refractivity contribution in [2.24, 2.45) is 4.99 Å². The van der Waals surface area contributed by atoms with Gasteiger partial charge in [0, 0.05) is 31.5 Å². The Morgan fingerprint density at radius 1 is 1.18 bits per heavy atom. The van der Waals surface area contributed by atoms with Crippen molar-refractivity contribution in [2.45, 2.75) is 40.3 Å². The highest BCUT2D eigenvalue weighted by atomic mass is 32.1. The molecule has 0 unspecified atom stereocenters. The molecule has 0 aliphatic carbocycles. The van der Waals surface area contributed by atoms with Gasteiger partial charge < -0.3 is 9.64 Å². The SMILES string of the molecule is CCN(CC)c1ccc([C@H]2C(C(=O)OC)=C(C)N=c3s/c(=C/c4ccnn4CC)c(=O)n32)cc1. The number of esters is 1. The Morgan fingerprint density at radius 2 is 1.88 bits per heavy atom. The van der Waals surface area contributed by atoms with Crippen molar-refractivity contribution in [3.05, 3.63) is 78.7 Å². The van der Waals surface area contributed by atoms with E-state index in [-0.39, 0.29) is 5.56 Å². The van der Waals surface area contributed by atoms with E-state index in [0.29, 0.717) is 27.1 Å². The number of aromatic nitrogens is 3. The van der Waals surface area contributed by atoms with Crippen molar-refractivity contribution in [1.82, 2.24) is 14.3 Å². The molecule has 1 aromatic carbocycles. The third-order valence-electron chi connectivity index (χ3n) is 6.09. The molecule has 4 rings (SSSR count). The standard InChI is InChI=1S/C25H29N5O3S/c1-6-28(7-2)18-11-9-17(10-12-18)22-21(24(32)33-5)16(4)27-25-30(22)23(31)20(34-25)15-19-13-14-26-29(19)8-3/h9-15,22H,6-8H2,1-5H3/b20-15+/t22-/m0/s1. The maximum Gasteiger partial charge on any atom is 0.338 e. The van der Waals surface area contributed by atoms with Gasteiger partial charge in [0.1, 0.15) is 0 Å². The van der Waals surface area contributed by atoms with E-state index >= 15 is 0 Å². The van der Waals surface area contributed by atoms with Crippen LogP contribution in [0.1, 0.15) is 45.0 Å². The summed E-state index contributed by atoms with van der Waals surface area (Å²) in [6.07, 6.45) is 3.55. The lowest BCUT2D eigenvalue weighted by Gasteiger charge is -2.26. The van der Waals surface area contributed by atoms with Crippen LogP contribution in [-0.4, -0.2) is 40.5 Å². The average molecular weight is 480 g/mol. The van der Waals surface area contributed by atoms with Gasteiger partial charge in [-0.3, -0.25) is 14.0 Å². The predicted molar refractivity (Wildman–Crippen MR) is 134 cm³/mol. The van der Waals surface area contributed by atoms with Crippen LogP contribution in [0.25, 0.3) is 6.08 Å². The minimum atomic E-state index is -0.618. The number of nitrogens with zero attached hydrogens (tertiary/aromatic N) is 5. The first kappa shape index (κ1) is 23.7. The van der Waals surface area contributed by atoms with Crippen LogP contribution >= 0.6 is 11.3 Å². The molecule has 0 spiro atoms. The van der Waals surface area contributed by atoms with Gasteiger partial charge in [-0.1, -0.05) is 23.5 Å². The number of hydrogen-bond donors (Lipinski definition) is 0. The number of anilines is 1. The fourth-order valence-electron chi connectivity index (χ4n) is 4.33. The van der Waals surface area contributed by atoms with Crippen LogP contribution in [0.4, 0.5) is 5.69 Å². The second-order valence-corrected chi connectivity index (χ2v) is 8.92. The highest BCUT2D eigenvalue weighted by Crippen LogP contribution is 2.31. The van der Waals surface area contributed by atoms with Gasteiger partial charge in [0.05, 0.1) is 34.6 Å².